The topological polar surface area (TPSA) is 73.0 Å². The summed E-state index contributed by atoms with van der Waals surface area (Å²) < 4.78 is 1.64. The third kappa shape index (κ3) is 2.26. The van der Waals surface area contributed by atoms with Crippen LogP contribution in [0.3, 0.4) is 0 Å². The second kappa shape index (κ2) is 3.88. The lowest BCUT2D eigenvalue weighted by Gasteiger charge is -2.04. The summed E-state index contributed by atoms with van der Waals surface area (Å²) in [4.78, 5) is 13.9. The van der Waals surface area contributed by atoms with Crippen LogP contribution in [0.2, 0.25) is 0 Å². The third-order valence-corrected chi connectivity index (χ3v) is 2.63. The molecular formula is C9H14N4O2. The van der Waals surface area contributed by atoms with E-state index in [1.54, 1.807) is 11.6 Å². The Kier molecular flexibility index (Phi) is 2.57. The van der Waals surface area contributed by atoms with Crippen LogP contribution in [0.4, 0.5) is 11.6 Å². The zero-order chi connectivity index (χ0) is 10.8. The van der Waals surface area contributed by atoms with E-state index in [-0.39, 0.29) is 5.82 Å². The van der Waals surface area contributed by atoms with Gasteiger partial charge in [-0.1, -0.05) is 12.8 Å². The Morgan fingerprint density at radius 3 is 3.07 bits per heavy atom. The summed E-state index contributed by atoms with van der Waals surface area (Å²) in [5.41, 5.74) is 0. The van der Waals surface area contributed by atoms with Crippen molar-refractivity contribution in [1.29, 1.82) is 0 Å². The predicted octanol–water partition coefficient (Wildman–Crippen LogP) is 1.54. The molecule has 0 radical (unpaired) electrons. The van der Waals surface area contributed by atoms with Gasteiger partial charge in [0.1, 0.15) is 0 Å². The van der Waals surface area contributed by atoms with Gasteiger partial charge in [0.05, 0.1) is 0 Å². The van der Waals surface area contributed by atoms with Gasteiger partial charge in [0, 0.05) is 13.6 Å². The number of nitro groups is 1. The quantitative estimate of drug-likeness (QED) is 0.591. The van der Waals surface area contributed by atoms with Crippen molar-refractivity contribution in [1.82, 2.24) is 9.55 Å². The van der Waals surface area contributed by atoms with E-state index >= 15 is 0 Å². The van der Waals surface area contributed by atoms with E-state index in [0.29, 0.717) is 5.82 Å². The van der Waals surface area contributed by atoms with Crippen molar-refractivity contribution >= 4 is 11.6 Å². The zero-order valence-electron chi connectivity index (χ0n) is 8.64. The van der Waals surface area contributed by atoms with E-state index in [9.17, 15) is 10.1 Å². The lowest BCUT2D eigenvalue weighted by atomic mass is 10.3. The molecule has 2 rings (SSSR count). The SMILES string of the molecule is Cn1cnc([N+](=O)[O-])c1NCCC1CC1. The largest absolute Gasteiger partial charge is 0.406 e. The van der Waals surface area contributed by atoms with E-state index < -0.39 is 4.92 Å². The molecule has 0 spiro atoms. The second-order valence-electron chi connectivity index (χ2n) is 3.94. The number of hydrogen-bond acceptors (Lipinski definition) is 4. The van der Waals surface area contributed by atoms with Crippen molar-refractivity contribution in [3.63, 3.8) is 0 Å². The molecule has 1 N–H and O–H groups in total. The fourth-order valence-corrected chi connectivity index (χ4v) is 1.56. The molecule has 1 fully saturated rings. The van der Waals surface area contributed by atoms with Gasteiger partial charge in [-0.25, -0.2) is 0 Å². The van der Waals surface area contributed by atoms with Crippen molar-refractivity contribution in [2.24, 2.45) is 13.0 Å². The summed E-state index contributed by atoms with van der Waals surface area (Å²) in [5, 5.41) is 13.7. The van der Waals surface area contributed by atoms with Gasteiger partial charge in [-0.05, 0) is 22.2 Å². The number of imidazole rings is 1. The van der Waals surface area contributed by atoms with Gasteiger partial charge < -0.3 is 15.4 Å². The summed E-state index contributed by atoms with van der Waals surface area (Å²) in [6, 6.07) is 0. The highest BCUT2D eigenvalue weighted by Crippen LogP contribution is 2.32. The molecule has 1 heterocycles. The van der Waals surface area contributed by atoms with Crippen LogP contribution >= 0.6 is 0 Å². The Morgan fingerprint density at radius 2 is 2.47 bits per heavy atom. The van der Waals surface area contributed by atoms with Gasteiger partial charge in [-0.3, -0.25) is 4.57 Å². The first kappa shape index (κ1) is 9.95. The van der Waals surface area contributed by atoms with Crippen molar-refractivity contribution in [3.05, 3.63) is 16.4 Å². The van der Waals surface area contributed by atoms with Crippen LogP contribution in [0.15, 0.2) is 6.33 Å². The first-order chi connectivity index (χ1) is 7.18. The normalized spacial score (nSPS) is 15.3. The van der Waals surface area contributed by atoms with E-state index in [0.717, 1.165) is 18.9 Å². The molecular weight excluding hydrogens is 196 g/mol. The molecule has 1 aromatic rings. The average Bonchev–Trinajstić information content (AvgIpc) is 2.92. The first-order valence-corrected chi connectivity index (χ1v) is 5.08. The minimum atomic E-state index is -0.459. The van der Waals surface area contributed by atoms with E-state index in [2.05, 4.69) is 10.3 Å². The van der Waals surface area contributed by atoms with Crippen LogP contribution in [-0.2, 0) is 7.05 Å². The molecule has 0 unspecified atom stereocenters. The molecule has 6 nitrogen and oxygen atoms in total. The molecule has 1 aliphatic rings. The van der Waals surface area contributed by atoms with Crippen molar-refractivity contribution < 1.29 is 4.92 Å². The van der Waals surface area contributed by atoms with Gasteiger partial charge in [-0.15, -0.1) is 0 Å². The van der Waals surface area contributed by atoms with Crippen LogP contribution in [0, 0.1) is 16.0 Å². The van der Waals surface area contributed by atoms with Gasteiger partial charge in [-0.2, -0.15) is 0 Å². The second-order valence-corrected chi connectivity index (χ2v) is 3.94. The fourth-order valence-electron chi connectivity index (χ4n) is 1.56. The van der Waals surface area contributed by atoms with Gasteiger partial charge >= 0.3 is 5.82 Å². The number of nitrogens with zero attached hydrogens (tertiary/aromatic N) is 3. The number of anilines is 1. The summed E-state index contributed by atoms with van der Waals surface area (Å²) >= 11 is 0. The Hall–Kier alpha value is -1.59. The molecule has 0 aromatic carbocycles. The Balaban J connectivity index is 1.97. The van der Waals surface area contributed by atoms with E-state index in [4.69, 9.17) is 0 Å². The van der Waals surface area contributed by atoms with Crippen LogP contribution in [-0.4, -0.2) is 21.0 Å². The first-order valence-electron chi connectivity index (χ1n) is 5.08. The molecule has 0 aliphatic heterocycles. The number of nitrogens with one attached hydrogen (secondary N) is 1. The highest BCUT2D eigenvalue weighted by molar-refractivity contribution is 5.51. The molecule has 1 saturated carbocycles. The monoisotopic (exact) mass is 210 g/mol. The molecule has 1 aliphatic carbocycles. The number of hydrogen-bond donors (Lipinski definition) is 1. The maximum atomic E-state index is 10.6. The smallest absolute Gasteiger partial charge is 0.364 e. The summed E-state index contributed by atoms with van der Waals surface area (Å²) in [6.45, 7) is 0.783. The maximum Gasteiger partial charge on any atom is 0.406 e. The van der Waals surface area contributed by atoms with Crippen LogP contribution < -0.4 is 5.32 Å². The minimum absolute atomic E-state index is 0.0895. The number of aryl methyl sites for hydroxylation is 1. The Labute approximate surface area is 87.5 Å². The van der Waals surface area contributed by atoms with E-state index in [1.165, 1.54) is 19.2 Å². The summed E-state index contributed by atoms with van der Waals surface area (Å²) in [6.07, 6.45) is 5.14. The van der Waals surface area contributed by atoms with Gasteiger partial charge in [0.2, 0.25) is 12.1 Å². The molecule has 0 bridgehead atoms. The lowest BCUT2D eigenvalue weighted by molar-refractivity contribution is -0.388. The molecule has 15 heavy (non-hydrogen) atoms. The predicted molar refractivity (Wildman–Crippen MR) is 55.7 cm³/mol. The van der Waals surface area contributed by atoms with Crippen LogP contribution in [0.5, 0.6) is 0 Å². The highest BCUT2D eigenvalue weighted by Gasteiger charge is 2.23. The highest BCUT2D eigenvalue weighted by atomic mass is 16.6. The molecule has 0 saturated heterocycles. The van der Waals surface area contributed by atoms with Crippen LogP contribution in [0.25, 0.3) is 0 Å². The Morgan fingerprint density at radius 1 is 1.73 bits per heavy atom. The zero-order valence-corrected chi connectivity index (χ0v) is 8.64. The summed E-state index contributed by atoms with van der Waals surface area (Å²) in [7, 11) is 1.75. The minimum Gasteiger partial charge on any atom is -0.364 e. The number of rotatable bonds is 5. The average molecular weight is 210 g/mol. The maximum absolute atomic E-state index is 10.6. The standard InChI is InChI=1S/C9H14N4O2/c1-12-6-11-9(13(14)15)8(12)10-5-4-7-2-3-7/h6-7,10H,2-5H2,1H3. The Bertz CT molecular complexity index is 370. The molecule has 82 valence electrons. The van der Waals surface area contributed by atoms with Crippen LogP contribution in [0.1, 0.15) is 19.3 Å². The number of aromatic nitrogens is 2. The lowest BCUT2D eigenvalue weighted by Crippen LogP contribution is -2.07. The summed E-state index contributed by atoms with van der Waals surface area (Å²) in [5.74, 6) is 1.23. The third-order valence-electron chi connectivity index (χ3n) is 2.63. The molecule has 6 heteroatoms. The van der Waals surface area contributed by atoms with Gasteiger partial charge in [0.15, 0.2) is 0 Å². The van der Waals surface area contributed by atoms with Gasteiger partial charge in [0.25, 0.3) is 0 Å². The van der Waals surface area contributed by atoms with Crippen molar-refractivity contribution in [3.8, 4) is 0 Å². The van der Waals surface area contributed by atoms with Crippen molar-refractivity contribution in [2.75, 3.05) is 11.9 Å². The molecule has 0 amide bonds. The van der Waals surface area contributed by atoms with Crippen molar-refractivity contribution in [2.45, 2.75) is 19.3 Å². The molecule has 1 aromatic heterocycles. The molecule has 0 atom stereocenters. The van der Waals surface area contributed by atoms with E-state index in [1.807, 2.05) is 0 Å². The fraction of sp³-hybridized carbons (Fsp3) is 0.667.